The molecule has 7 heteroatoms. The summed E-state index contributed by atoms with van der Waals surface area (Å²) < 4.78 is 31.5. The molecule has 0 aliphatic heterocycles. The molecule has 0 aliphatic rings. The van der Waals surface area contributed by atoms with Gasteiger partial charge in [0.05, 0.1) is 11.3 Å². The van der Waals surface area contributed by atoms with Crippen LogP contribution in [0.5, 0.6) is 0 Å². The Labute approximate surface area is 134 Å². The average Bonchev–Trinajstić information content (AvgIpc) is 2.91. The van der Waals surface area contributed by atoms with Gasteiger partial charge in [-0.3, -0.25) is 9.98 Å². The summed E-state index contributed by atoms with van der Waals surface area (Å²) in [6.07, 6.45) is 3.55. The highest BCUT2D eigenvalue weighted by Gasteiger charge is 2.23. The summed E-state index contributed by atoms with van der Waals surface area (Å²) in [5.74, 6) is -1.98. The van der Waals surface area contributed by atoms with Crippen molar-refractivity contribution in [3.8, 4) is 0 Å². The van der Waals surface area contributed by atoms with Crippen molar-refractivity contribution < 1.29 is 13.3 Å². The molecule has 0 amide bonds. The first-order chi connectivity index (χ1) is 10.7. The number of halogens is 2. The standard InChI is InChI=1S/C16H22F2N4O/c1-7-14-21-15(22-23-14)13(9-19-6)12(4)20-11(3)8-10(2)16(5,17)18/h8-9H,7H2,1-6H3/b10-8+,13-12-,19-9?,20-11-. The van der Waals surface area contributed by atoms with E-state index in [2.05, 4.69) is 20.1 Å². The molecule has 126 valence electrons. The first kappa shape index (κ1) is 18.9. The molecular formula is C16H22F2N4O. The molecule has 0 atom stereocenters. The monoisotopic (exact) mass is 324 g/mol. The van der Waals surface area contributed by atoms with Crippen molar-refractivity contribution in [2.75, 3.05) is 7.05 Å². The van der Waals surface area contributed by atoms with Crippen LogP contribution in [0, 0.1) is 0 Å². The Hall–Kier alpha value is -2.18. The van der Waals surface area contributed by atoms with Gasteiger partial charge in [0.15, 0.2) is 0 Å². The number of allylic oxidation sites excluding steroid dienone is 4. The van der Waals surface area contributed by atoms with Gasteiger partial charge in [-0.05, 0) is 32.4 Å². The number of alkyl halides is 2. The fourth-order valence-electron chi connectivity index (χ4n) is 1.75. The molecule has 0 N–H and O–H groups in total. The normalized spacial score (nSPS) is 15.3. The zero-order valence-electron chi connectivity index (χ0n) is 14.3. The summed E-state index contributed by atoms with van der Waals surface area (Å²) >= 11 is 0. The highest BCUT2D eigenvalue weighted by molar-refractivity contribution is 6.10. The number of hydrogen-bond donors (Lipinski definition) is 0. The Kier molecular flexibility index (Phi) is 6.48. The summed E-state index contributed by atoms with van der Waals surface area (Å²) in [6, 6.07) is 0. The van der Waals surface area contributed by atoms with Crippen LogP contribution >= 0.6 is 0 Å². The third-order valence-electron chi connectivity index (χ3n) is 3.12. The maximum Gasteiger partial charge on any atom is 0.266 e. The van der Waals surface area contributed by atoms with Crippen molar-refractivity contribution in [3.63, 3.8) is 0 Å². The van der Waals surface area contributed by atoms with Gasteiger partial charge in [-0.25, -0.2) is 8.78 Å². The highest BCUT2D eigenvalue weighted by atomic mass is 19.3. The molecule has 0 unspecified atom stereocenters. The smallest absolute Gasteiger partial charge is 0.266 e. The SMILES string of the molecule is CCc1nc(\C(C=NC)=C(C)/N=C(C)\C=C(/C)C(C)(F)F)no1. The Bertz CT molecular complexity index is 664. The topological polar surface area (TPSA) is 63.6 Å². The van der Waals surface area contributed by atoms with E-state index in [-0.39, 0.29) is 5.57 Å². The van der Waals surface area contributed by atoms with E-state index >= 15 is 0 Å². The molecule has 0 aromatic carbocycles. The molecule has 0 spiro atoms. The van der Waals surface area contributed by atoms with Crippen LogP contribution in [-0.4, -0.2) is 35.0 Å². The molecule has 0 saturated heterocycles. The van der Waals surface area contributed by atoms with Crippen LogP contribution in [-0.2, 0) is 6.42 Å². The molecule has 0 saturated carbocycles. The Morgan fingerprint density at radius 3 is 2.43 bits per heavy atom. The second kappa shape index (κ2) is 7.89. The zero-order chi connectivity index (χ0) is 17.6. The van der Waals surface area contributed by atoms with E-state index in [9.17, 15) is 8.78 Å². The van der Waals surface area contributed by atoms with Crippen molar-refractivity contribution >= 4 is 17.5 Å². The van der Waals surface area contributed by atoms with E-state index in [0.29, 0.717) is 35.1 Å². The van der Waals surface area contributed by atoms with Crippen molar-refractivity contribution in [2.45, 2.75) is 47.0 Å². The predicted molar refractivity (Wildman–Crippen MR) is 88.2 cm³/mol. The molecule has 0 bridgehead atoms. The minimum absolute atomic E-state index is 0.0508. The lowest BCUT2D eigenvalue weighted by molar-refractivity contribution is 0.0637. The quantitative estimate of drug-likeness (QED) is 0.739. The first-order valence-electron chi connectivity index (χ1n) is 7.26. The van der Waals surface area contributed by atoms with Gasteiger partial charge in [0, 0.05) is 32.3 Å². The molecule has 1 rings (SSSR count). The fourth-order valence-corrected chi connectivity index (χ4v) is 1.75. The number of rotatable bonds is 6. The van der Waals surface area contributed by atoms with E-state index in [0.717, 1.165) is 6.92 Å². The van der Waals surface area contributed by atoms with Crippen LogP contribution in [0.1, 0.15) is 46.3 Å². The summed E-state index contributed by atoms with van der Waals surface area (Å²) in [7, 11) is 1.62. The molecule has 1 heterocycles. The fraction of sp³-hybridized carbons (Fsp3) is 0.500. The van der Waals surface area contributed by atoms with E-state index in [4.69, 9.17) is 4.52 Å². The Morgan fingerprint density at radius 2 is 1.96 bits per heavy atom. The molecular weight excluding hydrogens is 302 g/mol. The van der Waals surface area contributed by atoms with Gasteiger partial charge in [-0.1, -0.05) is 12.1 Å². The van der Waals surface area contributed by atoms with Crippen LogP contribution in [0.3, 0.4) is 0 Å². The number of aromatic nitrogens is 2. The minimum atomic E-state index is -2.87. The Morgan fingerprint density at radius 1 is 1.30 bits per heavy atom. The van der Waals surface area contributed by atoms with Gasteiger partial charge in [0.25, 0.3) is 5.92 Å². The van der Waals surface area contributed by atoms with Crippen LogP contribution in [0.15, 0.2) is 31.9 Å². The summed E-state index contributed by atoms with van der Waals surface area (Å²) in [5.41, 5.74) is 1.57. The predicted octanol–water partition coefficient (Wildman–Crippen LogP) is 4.13. The zero-order valence-corrected chi connectivity index (χ0v) is 14.3. The van der Waals surface area contributed by atoms with Crippen LogP contribution in [0.4, 0.5) is 8.78 Å². The maximum absolute atomic E-state index is 13.2. The molecule has 5 nitrogen and oxygen atoms in total. The van der Waals surface area contributed by atoms with Gasteiger partial charge < -0.3 is 4.52 Å². The van der Waals surface area contributed by atoms with Gasteiger partial charge in [0.2, 0.25) is 11.7 Å². The second-order valence-electron chi connectivity index (χ2n) is 5.22. The van der Waals surface area contributed by atoms with E-state index in [1.165, 1.54) is 13.0 Å². The second-order valence-corrected chi connectivity index (χ2v) is 5.22. The highest BCUT2D eigenvalue weighted by Crippen LogP contribution is 2.22. The lowest BCUT2D eigenvalue weighted by Crippen LogP contribution is -2.12. The van der Waals surface area contributed by atoms with Crippen molar-refractivity contribution in [3.05, 3.63) is 29.1 Å². The minimum Gasteiger partial charge on any atom is -0.339 e. The number of nitrogens with zero attached hydrogens (tertiary/aromatic N) is 4. The summed E-state index contributed by atoms with van der Waals surface area (Å²) in [5, 5.41) is 3.89. The maximum atomic E-state index is 13.2. The molecule has 23 heavy (non-hydrogen) atoms. The van der Waals surface area contributed by atoms with E-state index in [1.807, 2.05) is 6.92 Å². The van der Waals surface area contributed by atoms with Crippen LogP contribution in [0.25, 0.3) is 5.57 Å². The van der Waals surface area contributed by atoms with Crippen LogP contribution < -0.4 is 0 Å². The third-order valence-corrected chi connectivity index (χ3v) is 3.12. The van der Waals surface area contributed by atoms with Crippen molar-refractivity contribution in [2.24, 2.45) is 9.98 Å². The lowest BCUT2D eigenvalue weighted by atomic mass is 10.1. The average molecular weight is 324 g/mol. The van der Waals surface area contributed by atoms with E-state index < -0.39 is 5.92 Å². The van der Waals surface area contributed by atoms with Gasteiger partial charge in [0.1, 0.15) is 0 Å². The molecule has 1 aromatic rings. The third kappa shape index (κ3) is 5.50. The van der Waals surface area contributed by atoms with Gasteiger partial charge in [-0.15, -0.1) is 0 Å². The van der Waals surface area contributed by atoms with Crippen LogP contribution in [0.2, 0.25) is 0 Å². The molecule has 0 radical (unpaired) electrons. The summed E-state index contributed by atoms with van der Waals surface area (Å²) in [6.45, 7) is 7.54. The first-order valence-corrected chi connectivity index (χ1v) is 7.26. The largest absolute Gasteiger partial charge is 0.339 e. The molecule has 0 aliphatic carbocycles. The number of hydrogen-bond acceptors (Lipinski definition) is 5. The Balaban J connectivity index is 3.24. The molecule has 0 fully saturated rings. The molecule has 1 aromatic heterocycles. The number of aryl methyl sites for hydroxylation is 1. The summed E-state index contributed by atoms with van der Waals surface area (Å²) in [4.78, 5) is 12.5. The van der Waals surface area contributed by atoms with E-state index in [1.54, 1.807) is 27.1 Å². The van der Waals surface area contributed by atoms with Crippen molar-refractivity contribution in [1.82, 2.24) is 10.1 Å². The van der Waals surface area contributed by atoms with Crippen molar-refractivity contribution in [1.29, 1.82) is 0 Å². The van der Waals surface area contributed by atoms with Gasteiger partial charge in [-0.2, -0.15) is 4.98 Å². The van der Waals surface area contributed by atoms with Gasteiger partial charge >= 0.3 is 0 Å². The number of aliphatic imine (C=N–C) groups is 2. The lowest BCUT2D eigenvalue weighted by Gasteiger charge is -2.10.